The van der Waals surface area contributed by atoms with Crippen LogP contribution in [0.5, 0.6) is 11.5 Å². The molecular weight excluding hydrogens is 378 g/mol. The van der Waals surface area contributed by atoms with E-state index in [1.807, 2.05) is 40.6 Å². The lowest BCUT2D eigenvalue weighted by Crippen LogP contribution is -2.34. The van der Waals surface area contributed by atoms with Crippen LogP contribution in [0, 0.1) is 0 Å². The lowest BCUT2D eigenvalue weighted by atomic mass is 10.0. The number of likely N-dealkylation sites (tertiary alicyclic amines) is 1. The van der Waals surface area contributed by atoms with E-state index in [9.17, 15) is 4.79 Å². The highest BCUT2D eigenvalue weighted by molar-refractivity contribution is 7.13. The van der Waals surface area contributed by atoms with Crippen molar-refractivity contribution in [3.8, 4) is 22.2 Å². The Morgan fingerprint density at radius 3 is 2.96 bits per heavy atom. The van der Waals surface area contributed by atoms with Crippen molar-refractivity contribution < 1.29 is 14.3 Å². The fourth-order valence-electron chi connectivity index (χ4n) is 3.71. The summed E-state index contributed by atoms with van der Waals surface area (Å²) in [5, 5.41) is 14.4. The van der Waals surface area contributed by atoms with Crippen molar-refractivity contribution in [2.75, 3.05) is 19.8 Å². The maximum atomic E-state index is 12.9. The molecule has 1 aromatic carbocycles. The summed E-state index contributed by atoms with van der Waals surface area (Å²) in [5.74, 6) is 2.06. The van der Waals surface area contributed by atoms with E-state index >= 15 is 0 Å². The Kier molecular flexibility index (Phi) is 4.44. The molecule has 144 valence electrons. The lowest BCUT2D eigenvalue weighted by molar-refractivity contribution is -0.133. The largest absolute Gasteiger partial charge is 0.486 e. The molecule has 1 saturated heterocycles. The van der Waals surface area contributed by atoms with Gasteiger partial charge in [-0.2, -0.15) is 4.80 Å². The van der Waals surface area contributed by atoms with Crippen molar-refractivity contribution in [1.29, 1.82) is 0 Å². The molecule has 8 nitrogen and oxygen atoms in total. The van der Waals surface area contributed by atoms with Gasteiger partial charge in [0.05, 0.1) is 10.9 Å². The van der Waals surface area contributed by atoms with E-state index in [2.05, 4.69) is 15.4 Å². The summed E-state index contributed by atoms with van der Waals surface area (Å²) >= 11 is 1.55. The molecule has 1 atom stereocenters. The van der Waals surface area contributed by atoms with Crippen LogP contribution in [0.25, 0.3) is 10.7 Å². The van der Waals surface area contributed by atoms with E-state index < -0.39 is 0 Å². The van der Waals surface area contributed by atoms with Crippen molar-refractivity contribution in [1.82, 2.24) is 25.1 Å². The van der Waals surface area contributed by atoms with Gasteiger partial charge in [0.1, 0.15) is 19.8 Å². The number of amides is 1. The zero-order chi connectivity index (χ0) is 18.9. The first-order chi connectivity index (χ1) is 13.8. The second-order valence-corrected chi connectivity index (χ2v) is 7.72. The number of aromatic nitrogens is 4. The third kappa shape index (κ3) is 3.22. The Hall–Kier alpha value is -2.94. The number of carbonyl (C=O) groups is 1. The van der Waals surface area contributed by atoms with Crippen molar-refractivity contribution >= 4 is 17.2 Å². The number of thiophene rings is 1. The number of tetrazole rings is 1. The van der Waals surface area contributed by atoms with Crippen molar-refractivity contribution in [2.24, 2.45) is 0 Å². The first kappa shape index (κ1) is 17.2. The Balaban J connectivity index is 1.32. The minimum Gasteiger partial charge on any atom is -0.486 e. The van der Waals surface area contributed by atoms with Gasteiger partial charge in [-0.25, -0.2) is 0 Å². The number of hydrogen-bond acceptors (Lipinski definition) is 7. The van der Waals surface area contributed by atoms with E-state index in [-0.39, 0.29) is 18.5 Å². The van der Waals surface area contributed by atoms with E-state index in [4.69, 9.17) is 9.47 Å². The molecule has 1 fully saturated rings. The topological polar surface area (TPSA) is 82.4 Å². The molecule has 0 saturated carbocycles. The third-order valence-electron chi connectivity index (χ3n) is 5.00. The highest BCUT2D eigenvalue weighted by Gasteiger charge is 2.31. The Morgan fingerprint density at radius 1 is 1.21 bits per heavy atom. The molecule has 3 aromatic rings. The van der Waals surface area contributed by atoms with Crippen LogP contribution >= 0.6 is 11.3 Å². The van der Waals surface area contributed by atoms with Crippen molar-refractivity contribution in [2.45, 2.75) is 25.4 Å². The van der Waals surface area contributed by atoms with Crippen LogP contribution in [0.4, 0.5) is 0 Å². The van der Waals surface area contributed by atoms with Gasteiger partial charge in [-0.1, -0.05) is 12.1 Å². The predicted octanol–water partition coefficient (Wildman–Crippen LogP) is 2.54. The Labute approximate surface area is 165 Å². The second-order valence-electron chi connectivity index (χ2n) is 6.77. The average molecular weight is 397 g/mol. The van der Waals surface area contributed by atoms with E-state index in [1.54, 1.807) is 11.3 Å². The van der Waals surface area contributed by atoms with Gasteiger partial charge in [0, 0.05) is 6.54 Å². The molecule has 0 spiro atoms. The van der Waals surface area contributed by atoms with Gasteiger partial charge in [-0.05, 0) is 47.2 Å². The fourth-order valence-corrected chi connectivity index (χ4v) is 4.35. The molecule has 0 radical (unpaired) electrons. The summed E-state index contributed by atoms with van der Waals surface area (Å²) in [6.45, 7) is 1.93. The molecule has 5 rings (SSSR count). The first-order valence-corrected chi connectivity index (χ1v) is 10.2. The van der Waals surface area contributed by atoms with Crippen LogP contribution in [0.3, 0.4) is 0 Å². The Bertz CT molecular complexity index is 987. The molecule has 2 aliphatic heterocycles. The third-order valence-corrected chi connectivity index (χ3v) is 5.86. The molecule has 28 heavy (non-hydrogen) atoms. The maximum Gasteiger partial charge on any atom is 0.246 e. The molecule has 0 aliphatic carbocycles. The van der Waals surface area contributed by atoms with Crippen LogP contribution in [0.15, 0.2) is 35.7 Å². The van der Waals surface area contributed by atoms with Crippen LogP contribution in [0.1, 0.15) is 24.4 Å². The number of hydrogen-bond donors (Lipinski definition) is 0. The average Bonchev–Trinajstić information content (AvgIpc) is 3.48. The van der Waals surface area contributed by atoms with Gasteiger partial charge < -0.3 is 14.4 Å². The quantitative estimate of drug-likeness (QED) is 0.673. The molecule has 2 aliphatic rings. The lowest BCUT2D eigenvalue weighted by Gasteiger charge is -2.26. The summed E-state index contributed by atoms with van der Waals surface area (Å²) in [7, 11) is 0. The van der Waals surface area contributed by atoms with Crippen molar-refractivity contribution in [3.63, 3.8) is 0 Å². The summed E-state index contributed by atoms with van der Waals surface area (Å²) in [5.41, 5.74) is 1.07. The first-order valence-electron chi connectivity index (χ1n) is 9.28. The highest BCUT2D eigenvalue weighted by atomic mass is 32.1. The van der Waals surface area contributed by atoms with Crippen LogP contribution in [0.2, 0.25) is 0 Å². The van der Waals surface area contributed by atoms with Crippen LogP contribution in [-0.4, -0.2) is 50.8 Å². The molecule has 0 bridgehead atoms. The van der Waals surface area contributed by atoms with Gasteiger partial charge in [-0.3, -0.25) is 4.79 Å². The van der Waals surface area contributed by atoms with Crippen molar-refractivity contribution in [3.05, 3.63) is 41.3 Å². The molecule has 0 N–H and O–H groups in total. The standard InChI is InChI=1S/C19H19N5O3S/c25-18(12-24-21-19(20-22-24)17-4-2-10-28-17)23-7-1-3-14(23)13-5-6-15-16(11-13)27-9-8-26-15/h2,4-6,10-11,14H,1,3,7-9,12H2. The maximum absolute atomic E-state index is 12.9. The Morgan fingerprint density at radius 2 is 2.11 bits per heavy atom. The summed E-state index contributed by atoms with van der Waals surface area (Å²) in [6.07, 6.45) is 1.90. The van der Waals surface area contributed by atoms with Crippen LogP contribution < -0.4 is 9.47 Å². The minimum atomic E-state index is -0.00693. The number of fused-ring (bicyclic) bond motifs is 1. The van der Waals surface area contributed by atoms with Gasteiger partial charge in [0.2, 0.25) is 11.7 Å². The zero-order valence-corrected chi connectivity index (χ0v) is 16.0. The van der Waals surface area contributed by atoms with E-state index in [0.29, 0.717) is 19.0 Å². The monoisotopic (exact) mass is 397 g/mol. The highest BCUT2D eigenvalue weighted by Crippen LogP contribution is 2.38. The van der Waals surface area contributed by atoms with Gasteiger partial charge in [0.25, 0.3) is 0 Å². The van der Waals surface area contributed by atoms with Gasteiger partial charge in [0.15, 0.2) is 11.5 Å². The minimum absolute atomic E-state index is 0.00693. The van der Waals surface area contributed by atoms with E-state index in [0.717, 1.165) is 41.3 Å². The SMILES string of the molecule is O=C(Cn1nnc(-c2cccs2)n1)N1CCCC1c1ccc2c(c1)OCCO2. The van der Waals surface area contributed by atoms with Gasteiger partial charge in [-0.15, -0.1) is 21.5 Å². The molecule has 9 heteroatoms. The number of carbonyl (C=O) groups excluding carboxylic acids is 1. The fraction of sp³-hybridized carbons (Fsp3) is 0.368. The number of benzene rings is 1. The second kappa shape index (κ2) is 7.23. The molecular formula is C19H19N5O3S. The predicted molar refractivity (Wildman–Crippen MR) is 102 cm³/mol. The van der Waals surface area contributed by atoms with E-state index in [1.165, 1.54) is 4.80 Å². The molecule has 1 unspecified atom stereocenters. The summed E-state index contributed by atoms with van der Waals surface area (Å²) < 4.78 is 11.3. The number of ether oxygens (including phenoxy) is 2. The normalized spacial score (nSPS) is 18.4. The van der Waals surface area contributed by atoms with Gasteiger partial charge >= 0.3 is 0 Å². The molecule has 4 heterocycles. The summed E-state index contributed by atoms with van der Waals surface area (Å²) in [6, 6.07) is 9.85. The molecule has 1 amide bonds. The smallest absolute Gasteiger partial charge is 0.246 e. The summed E-state index contributed by atoms with van der Waals surface area (Å²) in [4.78, 5) is 17.1. The van der Waals surface area contributed by atoms with Crippen LogP contribution in [-0.2, 0) is 11.3 Å². The number of nitrogens with zero attached hydrogens (tertiary/aromatic N) is 5. The molecule has 2 aromatic heterocycles. The number of rotatable bonds is 4. The zero-order valence-electron chi connectivity index (χ0n) is 15.2.